The van der Waals surface area contributed by atoms with Crippen molar-refractivity contribution >= 4 is 11.9 Å². The van der Waals surface area contributed by atoms with Gasteiger partial charge in [0, 0.05) is 20.1 Å². The molecule has 0 aromatic heterocycles. The van der Waals surface area contributed by atoms with Gasteiger partial charge in [-0.1, -0.05) is 0 Å². The van der Waals surface area contributed by atoms with Gasteiger partial charge in [-0.3, -0.25) is 4.79 Å². The van der Waals surface area contributed by atoms with E-state index in [-0.39, 0.29) is 24.5 Å². The molecule has 0 aromatic carbocycles. The molecule has 0 heterocycles. The van der Waals surface area contributed by atoms with Gasteiger partial charge in [-0.05, 0) is 13.8 Å². The summed E-state index contributed by atoms with van der Waals surface area (Å²) in [6, 6.07) is -0.164. The molecule has 0 aliphatic heterocycles. The number of carbonyl (C=O) groups excluding carboxylic acids is 2. The van der Waals surface area contributed by atoms with Gasteiger partial charge in [0.15, 0.2) is 0 Å². The quantitative estimate of drug-likeness (QED) is 0.641. The predicted octanol–water partition coefficient (Wildman–Crippen LogP) is -0.218. The van der Waals surface area contributed by atoms with Crippen LogP contribution in [0.25, 0.3) is 0 Å². The second kappa shape index (κ2) is 5.40. The highest BCUT2D eigenvalue weighted by atomic mass is 16.2. The van der Waals surface area contributed by atoms with E-state index in [1.54, 1.807) is 14.1 Å². The molecule has 0 saturated carbocycles. The minimum absolute atomic E-state index is 0.0230. The smallest absolute Gasteiger partial charge is 0.317 e. The van der Waals surface area contributed by atoms with Gasteiger partial charge < -0.3 is 15.5 Å². The van der Waals surface area contributed by atoms with Gasteiger partial charge in [0.1, 0.15) is 0 Å². The molecule has 3 amide bonds. The highest BCUT2D eigenvalue weighted by Crippen LogP contribution is 1.78. The number of nitrogens with zero attached hydrogens (tertiary/aromatic N) is 1. The van der Waals surface area contributed by atoms with Crippen LogP contribution < -0.4 is 10.6 Å². The molecular formula is C8H17N3O2. The van der Waals surface area contributed by atoms with Crippen molar-refractivity contribution in [3.05, 3.63) is 0 Å². The minimum atomic E-state index is -0.265. The summed E-state index contributed by atoms with van der Waals surface area (Å²) in [6.07, 6.45) is 0. The normalized spacial score (nSPS) is 9.62. The summed E-state index contributed by atoms with van der Waals surface area (Å²) in [4.78, 5) is 23.4. The van der Waals surface area contributed by atoms with Crippen molar-refractivity contribution in [2.75, 3.05) is 20.6 Å². The molecule has 5 heteroatoms. The maximum Gasteiger partial charge on any atom is 0.317 e. The molecule has 2 N–H and O–H groups in total. The van der Waals surface area contributed by atoms with Gasteiger partial charge >= 0.3 is 6.03 Å². The van der Waals surface area contributed by atoms with E-state index < -0.39 is 0 Å². The van der Waals surface area contributed by atoms with Crippen LogP contribution in [0.4, 0.5) is 4.79 Å². The number of hydrogen-bond acceptors (Lipinski definition) is 2. The third-order valence-electron chi connectivity index (χ3n) is 1.26. The zero-order chi connectivity index (χ0) is 10.4. The second-order valence-corrected chi connectivity index (χ2v) is 3.28. The fourth-order valence-electron chi connectivity index (χ4n) is 0.687. The van der Waals surface area contributed by atoms with E-state index in [1.807, 2.05) is 13.8 Å². The molecule has 0 rings (SSSR count). The Morgan fingerprint density at radius 2 is 1.85 bits per heavy atom. The Hall–Kier alpha value is -1.26. The van der Waals surface area contributed by atoms with E-state index in [0.717, 1.165) is 0 Å². The number of hydrogen-bond donors (Lipinski definition) is 2. The maximum atomic E-state index is 11.0. The summed E-state index contributed by atoms with van der Waals surface area (Å²) in [6.45, 7) is 3.76. The molecule has 0 spiro atoms. The van der Waals surface area contributed by atoms with Crippen molar-refractivity contribution in [2.45, 2.75) is 19.9 Å². The number of carbonyl (C=O) groups is 2. The van der Waals surface area contributed by atoms with E-state index in [4.69, 9.17) is 0 Å². The molecule has 5 nitrogen and oxygen atoms in total. The first-order chi connectivity index (χ1) is 5.93. The number of nitrogens with one attached hydrogen (secondary N) is 2. The van der Waals surface area contributed by atoms with Crippen molar-refractivity contribution in [2.24, 2.45) is 0 Å². The van der Waals surface area contributed by atoms with Crippen LogP contribution in [0.2, 0.25) is 0 Å². The Morgan fingerprint density at radius 1 is 1.31 bits per heavy atom. The van der Waals surface area contributed by atoms with Gasteiger partial charge in [0.05, 0.1) is 6.54 Å². The van der Waals surface area contributed by atoms with Crippen molar-refractivity contribution in [1.82, 2.24) is 15.5 Å². The first-order valence-corrected chi connectivity index (χ1v) is 4.18. The first kappa shape index (κ1) is 11.7. The Labute approximate surface area is 78.5 Å². The zero-order valence-corrected chi connectivity index (χ0v) is 8.55. The lowest BCUT2D eigenvalue weighted by Crippen LogP contribution is -2.43. The van der Waals surface area contributed by atoms with E-state index in [2.05, 4.69) is 10.6 Å². The third kappa shape index (κ3) is 5.95. The van der Waals surface area contributed by atoms with Crippen LogP contribution in [-0.2, 0) is 4.79 Å². The van der Waals surface area contributed by atoms with Crippen LogP contribution in [-0.4, -0.2) is 43.5 Å². The Kier molecular flexibility index (Phi) is 4.87. The lowest BCUT2D eigenvalue weighted by molar-refractivity contribution is -0.120. The van der Waals surface area contributed by atoms with Crippen LogP contribution in [0.15, 0.2) is 0 Å². The highest BCUT2D eigenvalue weighted by molar-refractivity contribution is 5.83. The summed E-state index contributed by atoms with van der Waals surface area (Å²) in [5.74, 6) is -0.176. The van der Waals surface area contributed by atoms with E-state index in [0.29, 0.717) is 0 Å². The van der Waals surface area contributed by atoms with Crippen molar-refractivity contribution in [1.29, 1.82) is 0 Å². The molecule has 0 saturated heterocycles. The summed E-state index contributed by atoms with van der Waals surface area (Å²) in [5.41, 5.74) is 0. The minimum Gasteiger partial charge on any atom is -0.352 e. The molecule has 0 fully saturated rings. The third-order valence-corrected chi connectivity index (χ3v) is 1.26. The van der Waals surface area contributed by atoms with Gasteiger partial charge in [-0.15, -0.1) is 0 Å². The molecule has 0 aromatic rings. The molecule has 0 aliphatic rings. The average Bonchev–Trinajstić information content (AvgIpc) is 1.98. The van der Waals surface area contributed by atoms with Crippen LogP contribution >= 0.6 is 0 Å². The summed E-state index contributed by atoms with van der Waals surface area (Å²) < 4.78 is 0. The molecule has 0 unspecified atom stereocenters. The van der Waals surface area contributed by atoms with E-state index in [1.165, 1.54) is 4.90 Å². The largest absolute Gasteiger partial charge is 0.352 e. The molecule has 76 valence electrons. The topological polar surface area (TPSA) is 61.4 Å². The number of urea groups is 1. The fourth-order valence-corrected chi connectivity index (χ4v) is 0.687. The molecule has 0 atom stereocenters. The van der Waals surface area contributed by atoms with Crippen LogP contribution in [0.3, 0.4) is 0 Å². The van der Waals surface area contributed by atoms with Gasteiger partial charge in [0.25, 0.3) is 0 Å². The van der Waals surface area contributed by atoms with Crippen molar-refractivity contribution in [3.63, 3.8) is 0 Å². The van der Waals surface area contributed by atoms with Crippen molar-refractivity contribution in [3.8, 4) is 0 Å². The molecule has 0 bridgehead atoms. The summed E-state index contributed by atoms with van der Waals surface area (Å²) in [7, 11) is 3.24. The zero-order valence-electron chi connectivity index (χ0n) is 8.55. The standard InChI is InChI=1S/C8H17N3O2/c1-6(2)10-7(12)5-9-8(13)11(3)4/h6H,5H2,1-4H3,(H,9,13)(H,10,12). The van der Waals surface area contributed by atoms with Gasteiger partial charge in [-0.2, -0.15) is 0 Å². The summed E-state index contributed by atoms with van der Waals surface area (Å²) in [5, 5.41) is 5.13. The van der Waals surface area contributed by atoms with Crippen LogP contribution in [0, 0.1) is 0 Å². The fraction of sp³-hybridized carbons (Fsp3) is 0.750. The highest BCUT2D eigenvalue weighted by Gasteiger charge is 2.06. The predicted molar refractivity (Wildman–Crippen MR) is 50.4 cm³/mol. The Balaban J connectivity index is 3.64. The van der Waals surface area contributed by atoms with Gasteiger partial charge in [-0.25, -0.2) is 4.79 Å². The first-order valence-electron chi connectivity index (χ1n) is 4.18. The SMILES string of the molecule is CC(C)NC(=O)CNC(=O)N(C)C. The Bertz CT molecular complexity index is 190. The maximum absolute atomic E-state index is 11.0. The number of rotatable bonds is 3. The monoisotopic (exact) mass is 187 g/mol. The summed E-state index contributed by atoms with van der Waals surface area (Å²) >= 11 is 0. The van der Waals surface area contributed by atoms with Gasteiger partial charge in [0.2, 0.25) is 5.91 Å². The molecule has 13 heavy (non-hydrogen) atoms. The molecule has 0 aliphatic carbocycles. The molecular weight excluding hydrogens is 170 g/mol. The van der Waals surface area contributed by atoms with E-state index >= 15 is 0 Å². The van der Waals surface area contributed by atoms with Crippen LogP contribution in [0.1, 0.15) is 13.8 Å². The van der Waals surface area contributed by atoms with E-state index in [9.17, 15) is 9.59 Å². The lowest BCUT2D eigenvalue weighted by atomic mass is 10.4. The van der Waals surface area contributed by atoms with Crippen molar-refractivity contribution < 1.29 is 9.59 Å². The second-order valence-electron chi connectivity index (χ2n) is 3.28. The molecule has 0 radical (unpaired) electrons. The average molecular weight is 187 g/mol. The lowest BCUT2D eigenvalue weighted by Gasteiger charge is -2.12. The van der Waals surface area contributed by atoms with Crippen LogP contribution in [0.5, 0.6) is 0 Å². The number of amides is 3. The Morgan fingerprint density at radius 3 is 2.23 bits per heavy atom.